The van der Waals surface area contributed by atoms with Gasteiger partial charge in [0.05, 0.1) is 28.3 Å². The van der Waals surface area contributed by atoms with Crippen molar-refractivity contribution in [2.24, 2.45) is 7.05 Å². The number of sulfonamides is 1. The standard InChI is InChI=1S/C17H14N4O4S2/c1-21-14-8-12(2-3-15(14)25-17(21)22)27(23,24)20-9-13-16(19-6-5-18-13)11-4-7-26-10-11/h2-8,10,20H,9H2,1H3. The zero-order valence-corrected chi connectivity index (χ0v) is 15.8. The Kier molecular flexibility index (Phi) is 4.38. The van der Waals surface area contributed by atoms with Gasteiger partial charge < -0.3 is 4.42 Å². The zero-order chi connectivity index (χ0) is 19.0. The van der Waals surface area contributed by atoms with Crippen molar-refractivity contribution in [1.29, 1.82) is 0 Å². The fourth-order valence-electron chi connectivity index (χ4n) is 2.66. The summed E-state index contributed by atoms with van der Waals surface area (Å²) in [4.78, 5) is 20.2. The van der Waals surface area contributed by atoms with Gasteiger partial charge in [-0.25, -0.2) is 17.9 Å². The number of rotatable bonds is 5. The molecule has 0 atom stereocenters. The Morgan fingerprint density at radius 3 is 2.81 bits per heavy atom. The van der Waals surface area contributed by atoms with Crippen molar-refractivity contribution in [3.63, 3.8) is 0 Å². The van der Waals surface area contributed by atoms with Gasteiger partial charge in [0.2, 0.25) is 10.0 Å². The summed E-state index contributed by atoms with van der Waals surface area (Å²) in [7, 11) is -2.30. The number of fused-ring (bicyclic) bond motifs is 1. The third kappa shape index (κ3) is 3.29. The first-order valence-electron chi connectivity index (χ1n) is 7.87. The summed E-state index contributed by atoms with van der Waals surface area (Å²) in [6.07, 6.45) is 3.09. The molecule has 0 aliphatic heterocycles. The third-order valence-electron chi connectivity index (χ3n) is 4.07. The third-order valence-corrected chi connectivity index (χ3v) is 6.15. The second-order valence-corrected chi connectivity index (χ2v) is 8.29. The van der Waals surface area contributed by atoms with Gasteiger partial charge in [-0.3, -0.25) is 14.5 Å². The molecule has 0 unspecified atom stereocenters. The van der Waals surface area contributed by atoms with Gasteiger partial charge in [-0.2, -0.15) is 11.3 Å². The highest BCUT2D eigenvalue weighted by Gasteiger charge is 2.18. The minimum absolute atomic E-state index is 0.0102. The Hall–Kier alpha value is -2.82. The second kappa shape index (κ2) is 6.72. The van der Waals surface area contributed by atoms with Crippen LogP contribution in [0.25, 0.3) is 22.4 Å². The van der Waals surface area contributed by atoms with Crippen LogP contribution >= 0.6 is 11.3 Å². The van der Waals surface area contributed by atoms with E-state index in [1.807, 2.05) is 16.8 Å². The number of hydrogen-bond donors (Lipinski definition) is 1. The SMILES string of the molecule is Cn1c(=O)oc2ccc(S(=O)(=O)NCc3nccnc3-c3ccsc3)cc21. The van der Waals surface area contributed by atoms with E-state index in [1.165, 1.54) is 47.3 Å². The van der Waals surface area contributed by atoms with Crippen molar-refractivity contribution < 1.29 is 12.8 Å². The van der Waals surface area contributed by atoms with Crippen molar-refractivity contribution >= 4 is 32.5 Å². The Bertz CT molecular complexity index is 1270. The first-order chi connectivity index (χ1) is 13.0. The molecule has 1 aromatic carbocycles. The molecule has 0 radical (unpaired) electrons. The lowest BCUT2D eigenvalue weighted by Gasteiger charge is -2.09. The first-order valence-corrected chi connectivity index (χ1v) is 10.3. The molecule has 4 rings (SSSR count). The molecule has 0 fully saturated rings. The van der Waals surface area contributed by atoms with E-state index in [0.717, 1.165) is 5.56 Å². The number of thiophene rings is 1. The average Bonchev–Trinajstić information content (AvgIpc) is 3.29. The predicted octanol–water partition coefficient (Wildman–Crippen LogP) is 2.13. The van der Waals surface area contributed by atoms with Crippen LogP contribution in [0.1, 0.15) is 5.69 Å². The molecule has 0 saturated heterocycles. The van der Waals surface area contributed by atoms with Crippen molar-refractivity contribution in [3.8, 4) is 11.3 Å². The summed E-state index contributed by atoms with van der Waals surface area (Å²) in [6, 6.07) is 6.16. The Balaban J connectivity index is 1.64. The van der Waals surface area contributed by atoms with E-state index in [2.05, 4.69) is 14.7 Å². The minimum Gasteiger partial charge on any atom is -0.408 e. The number of nitrogens with one attached hydrogen (secondary N) is 1. The van der Waals surface area contributed by atoms with E-state index in [-0.39, 0.29) is 11.4 Å². The highest BCUT2D eigenvalue weighted by Crippen LogP contribution is 2.23. The molecule has 27 heavy (non-hydrogen) atoms. The topological polar surface area (TPSA) is 107 Å². The minimum atomic E-state index is -3.82. The van der Waals surface area contributed by atoms with Crippen LogP contribution < -0.4 is 10.5 Å². The van der Waals surface area contributed by atoms with E-state index in [9.17, 15) is 13.2 Å². The second-order valence-electron chi connectivity index (χ2n) is 5.74. The maximum absolute atomic E-state index is 12.7. The monoisotopic (exact) mass is 402 g/mol. The molecule has 0 amide bonds. The molecule has 0 aliphatic rings. The molecule has 138 valence electrons. The molecule has 10 heteroatoms. The van der Waals surface area contributed by atoms with Crippen LogP contribution in [0.2, 0.25) is 0 Å². The number of oxazole rings is 1. The fourth-order valence-corrected chi connectivity index (χ4v) is 4.30. The summed E-state index contributed by atoms with van der Waals surface area (Å²) in [5.41, 5.74) is 2.78. The highest BCUT2D eigenvalue weighted by atomic mass is 32.2. The lowest BCUT2D eigenvalue weighted by molar-refractivity contribution is 0.528. The molecule has 3 aromatic heterocycles. The average molecular weight is 402 g/mol. The molecule has 3 heterocycles. The Morgan fingerprint density at radius 2 is 2.04 bits per heavy atom. The summed E-state index contributed by atoms with van der Waals surface area (Å²) in [5, 5.41) is 3.84. The number of aryl methyl sites for hydroxylation is 1. The number of benzene rings is 1. The van der Waals surface area contributed by atoms with Crippen molar-refractivity contribution in [3.05, 3.63) is 63.7 Å². The summed E-state index contributed by atoms with van der Waals surface area (Å²) < 4.78 is 34.2. The highest BCUT2D eigenvalue weighted by molar-refractivity contribution is 7.89. The zero-order valence-electron chi connectivity index (χ0n) is 14.1. The molecule has 0 saturated carbocycles. The number of aromatic nitrogens is 3. The van der Waals surface area contributed by atoms with Crippen LogP contribution in [-0.4, -0.2) is 23.0 Å². The van der Waals surface area contributed by atoms with Crippen LogP contribution in [0.4, 0.5) is 0 Å². The largest absolute Gasteiger partial charge is 0.419 e. The summed E-state index contributed by atoms with van der Waals surface area (Å²) >= 11 is 1.52. The van der Waals surface area contributed by atoms with Gasteiger partial charge in [0, 0.05) is 30.4 Å². The van der Waals surface area contributed by atoms with Crippen molar-refractivity contribution in [1.82, 2.24) is 19.3 Å². The fraction of sp³-hybridized carbons (Fsp3) is 0.118. The van der Waals surface area contributed by atoms with Crippen LogP contribution in [0.15, 0.2) is 61.5 Å². The lowest BCUT2D eigenvalue weighted by atomic mass is 10.2. The van der Waals surface area contributed by atoms with E-state index in [0.29, 0.717) is 22.5 Å². The predicted molar refractivity (Wildman–Crippen MR) is 101 cm³/mol. The van der Waals surface area contributed by atoms with Crippen LogP contribution in [-0.2, 0) is 23.6 Å². The van der Waals surface area contributed by atoms with E-state index in [4.69, 9.17) is 4.42 Å². The molecule has 4 aromatic rings. The molecule has 0 bridgehead atoms. The molecular weight excluding hydrogens is 388 g/mol. The quantitative estimate of drug-likeness (QED) is 0.548. The molecular formula is C17H14N4O4S2. The van der Waals surface area contributed by atoms with Gasteiger partial charge in [-0.15, -0.1) is 0 Å². The summed E-state index contributed by atoms with van der Waals surface area (Å²) in [6.45, 7) is -0.0102. The van der Waals surface area contributed by atoms with Crippen LogP contribution in [0.3, 0.4) is 0 Å². The molecule has 0 aliphatic carbocycles. The number of nitrogens with zero attached hydrogens (tertiary/aromatic N) is 3. The Labute approximate surface area is 158 Å². The van der Waals surface area contributed by atoms with Crippen molar-refractivity contribution in [2.75, 3.05) is 0 Å². The summed E-state index contributed by atoms with van der Waals surface area (Å²) in [5.74, 6) is -0.549. The maximum atomic E-state index is 12.7. The van der Waals surface area contributed by atoms with E-state index < -0.39 is 15.8 Å². The normalized spacial score (nSPS) is 11.9. The van der Waals surface area contributed by atoms with E-state index in [1.54, 1.807) is 6.20 Å². The van der Waals surface area contributed by atoms with Gasteiger partial charge in [0.25, 0.3) is 0 Å². The first kappa shape index (κ1) is 17.6. The van der Waals surface area contributed by atoms with Gasteiger partial charge in [0.15, 0.2) is 5.58 Å². The van der Waals surface area contributed by atoms with E-state index >= 15 is 0 Å². The number of hydrogen-bond acceptors (Lipinski definition) is 7. The lowest BCUT2D eigenvalue weighted by Crippen LogP contribution is -2.24. The molecule has 8 nitrogen and oxygen atoms in total. The van der Waals surface area contributed by atoms with Gasteiger partial charge in [0.1, 0.15) is 0 Å². The molecule has 0 spiro atoms. The van der Waals surface area contributed by atoms with Gasteiger partial charge in [-0.1, -0.05) is 0 Å². The Morgan fingerprint density at radius 1 is 1.22 bits per heavy atom. The van der Waals surface area contributed by atoms with Crippen molar-refractivity contribution in [2.45, 2.75) is 11.4 Å². The smallest absolute Gasteiger partial charge is 0.408 e. The maximum Gasteiger partial charge on any atom is 0.419 e. The van der Waals surface area contributed by atoms with Crippen LogP contribution in [0, 0.1) is 0 Å². The van der Waals surface area contributed by atoms with Gasteiger partial charge >= 0.3 is 5.76 Å². The van der Waals surface area contributed by atoms with Crippen LogP contribution in [0.5, 0.6) is 0 Å². The molecule has 1 N–H and O–H groups in total. The van der Waals surface area contributed by atoms with Gasteiger partial charge in [-0.05, 0) is 29.6 Å².